The van der Waals surface area contributed by atoms with Gasteiger partial charge in [0.25, 0.3) is 0 Å². The number of fused-ring (bicyclic) bond motifs is 1. The van der Waals surface area contributed by atoms with Crippen LogP contribution in [-0.4, -0.2) is 49.3 Å². The Morgan fingerprint density at radius 3 is 2.71 bits per heavy atom. The van der Waals surface area contributed by atoms with Crippen LogP contribution in [-0.2, 0) is 9.59 Å². The minimum atomic E-state index is -0.995. The van der Waals surface area contributed by atoms with Crippen LogP contribution in [0.2, 0.25) is 0 Å². The SMILES string of the molecule is C=CC(O)[C@@H]1C(=O)N2[C@@H]1SC(C)(C)[C@@H]2C(=O)O. The van der Waals surface area contributed by atoms with Gasteiger partial charge in [0.1, 0.15) is 6.04 Å². The molecule has 0 saturated carbocycles. The third-order valence-corrected chi connectivity index (χ3v) is 4.92. The Bertz CT molecular complexity index is 395. The molecule has 94 valence electrons. The highest BCUT2D eigenvalue weighted by atomic mass is 32.2. The van der Waals surface area contributed by atoms with Crippen LogP contribution in [0.3, 0.4) is 0 Å². The molecule has 2 rings (SSSR count). The molecule has 1 amide bonds. The van der Waals surface area contributed by atoms with Crippen LogP contribution in [0.1, 0.15) is 13.8 Å². The van der Waals surface area contributed by atoms with Gasteiger partial charge in [-0.3, -0.25) is 4.79 Å². The number of amides is 1. The van der Waals surface area contributed by atoms with E-state index in [0.29, 0.717) is 0 Å². The zero-order chi connectivity index (χ0) is 13.0. The molecule has 2 heterocycles. The van der Waals surface area contributed by atoms with Crippen LogP contribution in [0.5, 0.6) is 0 Å². The molecule has 17 heavy (non-hydrogen) atoms. The molecule has 2 aliphatic heterocycles. The highest BCUT2D eigenvalue weighted by Gasteiger charge is 2.64. The fourth-order valence-electron chi connectivity index (χ4n) is 2.50. The van der Waals surface area contributed by atoms with Crippen molar-refractivity contribution in [2.75, 3.05) is 0 Å². The first-order valence-corrected chi connectivity index (χ1v) is 6.22. The van der Waals surface area contributed by atoms with Gasteiger partial charge in [-0.05, 0) is 13.8 Å². The van der Waals surface area contributed by atoms with Gasteiger partial charge in [-0.15, -0.1) is 18.3 Å². The Morgan fingerprint density at radius 1 is 1.65 bits per heavy atom. The van der Waals surface area contributed by atoms with Crippen molar-refractivity contribution in [1.29, 1.82) is 0 Å². The summed E-state index contributed by atoms with van der Waals surface area (Å²) in [5, 5.41) is 18.6. The predicted molar refractivity (Wildman–Crippen MR) is 63.4 cm³/mol. The number of rotatable bonds is 3. The summed E-state index contributed by atoms with van der Waals surface area (Å²) in [4.78, 5) is 24.5. The molecule has 0 radical (unpaired) electrons. The zero-order valence-corrected chi connectivity index (χ0v) is 10.5. The number of carboxylic acid groups (broad SMARTS) is 1. The molecule has 2 fully saturated rings. The van der Waals surface area contributed by atoms with Gasteiger partial charge >= 0.3 is 5.97 Å². The molecule has 0 aromatic carbocycles. The summed E-state index contributed by atoms with van der Waals surface area (Å²) in [7, 11) is 0. The number of carbonyl (C=O) groups excluding carboxylic acids is 1. The number of carbonyl (C=O) groups is 2. The van der Waals surface area contributed by atoms with Crippen LogP contribution < -0.4 is 0 Å². The highest BCUT2D eigenvalue weighted by molar-refractivity contribution is 8.01. The lowest BCUT2D eigenvalue weighted by atomic mass is 9.88. The molecule has 0 bridgehead atoms. The van der Waals surface area contributed by atoms with E-state index in [4.69, 9.17) is 0 Å². The van der Waals surface area contributed by atoms with E-state index in [1.807, 2.05) is 0 Å². The molecule has 0 aromatic heterocycles. The number of aliphatic hydroxyl groups excluding tert-OH is 1. The van der Waals surface area contributed by atoms with Crippen molar-refractivity contribution in [2.24, 2.45) is 5.92 Å². The van der Waals surface area contributed by atoms with Crippen LogP contribution in [0.25, 0.3) is 0 Å². The van der Waals surface area contributed by atoms with Crippen molar-refractivity contribution in [3.05, 3.63) is 12.7 Å². The average Bonchev–Trinajstić information content (AvgIpc) is 2.46. The number of carboxylic acids is 1. The number of β-lactam (4-membered cyclic amide) rings is 1. The van der Waals surface area contributed by atoms with E-state index in [9.17, 15) is 19.8 Å². The predicted octanol–water partition coefficient (Wildman–Crippen LogP) is 0.296. The minimum Gasteiger partial charge on any atom is -0.480 e. The van der Waals surface area contributed by atoms with Crippen molar-refractivity contribution < 1.29 is 19.8 Å². The van der Waals surface area contributed by atoms with Gasteiger partial charge in [-0.25, -0.2) is 4.79 Å². The standard InChI is InChI=1S/C11H15NO4S/c1-4-5(13)6-8(14)12-7(10(15)16)11(2,3)17-9(6)12/h4-7,9,13H,1H2,2-3H3,(H,15,16)/t5?,6-,7+,9-/m1/s1. The van der Waals surface area contributed by atoms with E-state index in [2.05, 4.69) is 6.58 Å². The van der Waals surface area contributed by atoms with Gasteiger partial charge in [0, 0.05) is 4.75 Å². The van der Waals surface area contributed by atoms with Crippen LogP contribution in [0.4, 0.5) is 0 Å². The Morgan fingerprint density at radius 2 is 2.24 bits per heavy atom. The lowest BCUT2D eigenvalue weighted by Gasteiger charge is -2.44. The Kier molecular flexibility index (Phi) is 2.74. The normalized spacial score (nSPS) is 36.1. The van der Waals surface area contributed by atoms with E-state index in [0.717, 1.165) is 0 Å². The van der Waals surface area contributed by atoms with Crippen molar-refractivity contribution >= 4 is 23.6 Å². The third-order valence-electron chi connectivity index (χ3n) is 3.33. The maximum atomic E-state index is 11.9. The first-order chi connectivity index (χ1) is 7.81. The maximum absolute atomic E-state index is 11.9. The van der Waals surface area contributed by atoms with Gasteiger partial charge in [0.2, 0.25) is 5.91 Å². The van der Waals surface area contributed by atoms with Gasteiger partial charge in [-0.1, -0.05) is 6.08 Å². The van der Waals surface area contributed by atoms with Gasteiger partial charge in [-0.2, -0.15) is 0 Å². The number of nitrogens with zero attached hydrogens (tertiary/aromatic N) is 1. The van der Waals surface area contributed by atoms with Crippen LogP contribution in [0, 0.1) is 5.92 Å². The fourth-order valence-corrected chi connectivity index (χ4v) is 4.23. The molecule has 6 heteroatoms. The van der Waals surface area contributed by atoms with Gasteiger partial charge in [0.05, 0.1) is 17.4 Å². The summed E-state index contributed by atoms with van der Waals surface area (Å²) in [6.45, 7) is 7.07. The molecule has 5 nitrogen and oxygen atoms in total. The number of aliphatic carboxylic acids is 1. The third kappa shape index (κ3) is 1.58. The smallest absolute Gasteiger partial charge is 0.327 e. The monoisotopic (exact) mass is 257 g/mol. The molecule has 0 aliphatic carbocycles. The quantitative estimate of drug-likeness (QED) is 0.561. The summed E-state index contributed by atoms with van der Waals surface area (Å²) in [6.07, 6.45) is 0.418. The lowest BCUT2D eigenvalue weighted by Crippen LogP contribution is -2.65. The largest absolute Gasteiger partial charge is 0.480 e. The number of thioether (sulfide) groups is 1. The van der Waals surface area contributed by atoms with Gasteiger partial charge < -0.3 is 15.1 Å². The summed E-state index contributed by atoms with van der Waals surface area (Å²) in [6, 6.07) is -0.821. The van der Waals surface area contributed by atoms with E-state index >= 15 is 0 Å². The van der Waals surface area contributed by atoms with Crippen molar-refractivity contribution in [2.45, 2.75) is 36.1 Å². The number of hydrogen-bond donors (Lipinski definition) is 2. The zero-order valence-electron chi connectivity index (χ0n) is 9.66. The molecular formula is C11H15NO4S. The average molecular weight is 257 g/mol. The summed E-state index contributed by atoms with van der Waals surface area (Å²) in [5.41, 5.74) is 0. The second kappa shape index (κ2) is 3.74. The first-order valence-electron chi connectivity index (χ1n) is 5.34. The van der Waals surface area contributed by atoms with Crippen LogP contribution >= 0.6 is 11.8 Å². The molecule has 2 N–H and O–H groups in total. The number of hydrogen-bond acceptors (Lipinski definition) is 4. The molecule has 0 aromatic rings. The molecule has 1 unspecified atom stereocenters. The van der Waals surface area contributed by atoms with Gasteiger partial charge in [0.15, 0.2) is 0 Å². The topological polar surface area (TPSA) is 77.8 Å². The Hall–Kier alpha value is -1.01. The Balaban J connectivity index is 2.27. The van der Waals surface area contributed by atoms with Crippen molar-refractivity contribution in [3.8, 4) is 0 Å². The second-order valence-corrected chi connectivity index (χ2v) is 6.62. The number of aliphatic hydroxyl groups is 1. The second-order valence-electron chi connectivity index (χ2n) is 4.85. The summed E-state index contributed by atoms with van der Waals surface area (Å²) in [5.74, 6) is -1.85. The molecule has 4 atom stereocenters. The lowest BCUT2D eigenvalue weighted by molar-refractivity contribution is -0.167. The summed E-state index contributed by atoms with van der Waals surface area (Å²) >= 11 is 1.43. The maximum Gasteiger partial charge on any atom is 0.327 e. The summed E-state index contributed by atoms with van der Waals surface area (Å²) < 4.78 is -0.540. The van der Waals surface area contributed by atoms with E-state index in [1.165, 1.54) is 22.7 Å². The fraction of sp³-hybridized carbons (Fsp3) is 0.636. The Labute approximate surface area is 103 Å². The molecule has 2 saturated heterocycles. The van der Waals surface area contributed by atoms with Crippen LogP contribution in [0.15, 0.2) is 12.7 Å². The molecule has 2 aliphatic rings. The van der Waals surface area contributed by atoms with E-state index in [1.54, 1.807) is 13.8 Å². The van der Waals surface area contributed by atoms with Crippen molar-refractivity contribution in [3.63, 3.8) is 0 Å². The van der Waals surface area contributed by atoms with Crippen molar-refractivity contribution in [1.82, 2.24) is 4.90 Å². The molecular weight excluding hydrogens is 242 g/mol. The molecule has 0 spiro atoms. The highest BCUT2D eigenvalue weighted by Crippen LogP contribution is 2.54. The van der Waals surface area contributed by atoms with E-state index in [-0.39, 0.29) is 11.3 Å². The first kappa shape index (κ1) is 12.4. The van der Waals surface area contributed by atoms with E-state index < -0.39 is 28.8 Å². The minimum absolute atomic E-state index is 0.258.